The van der Waals surface area contributed by atoms with Crippen LogP contribution in [0.15, 0.2) is 48.5 Å². The molecule has 0 aliphatic carbocycles. The van der Waals surface area contributed by atoms with Crippen LogP contribution in [0.3, 0.4) is 0 Å². The fraction of sp³-hybridized carbons (Fsp3) is 0.318. The van der Waals surface area contributed by atoms with Crippen LogP contribution in [0, 0.1) is 5.92 Å². The van der Waals surface area contributed by atoms with E-state index in [0.29, 0.717) is 16.9 Å². The van der Waals surface area contributed by atoms with Gasteiger partial charge in [-0.2, -0.15) is 0 Å². The second-order valence-electron chi connectivity index (χ2n) is 6.31. The van der Waals surface area contributed by atoms with E-state index in [1.165, 1.54) is 24.3 Å². The van der Waals surface area contributed by atoms with Gasteiger partial charge in [0.25, 0.3) is 5.91 Å². The van der Waals surface area contributed by atoms with Crippen molar-refractivity contribution >= 4 is 29.3 Å². The zero-order valence-electron chi connectivity index (χ0n) is 16.9. The summed E-state index contributed by atoms with van der Waals surface area (Å²) in [6.45, 7) is 5.83. The Morgan fingerprint density at radius 3 is 2.00 bits per heavy atom. The molecule has 2 aromatic carbocycles. The standard InChI is InChI=1S/C22H26N2O5/c1-4-15(5-2)20(25)23-18-9-7-8-10-19(18)24-21(26)16-11-13-17(14-12-16)29-22(27)28-6-3/h7-15H,4-6H2,1-3H3,(H,23,25)(H,24,26). The van der Waals surface area contributed by atoms with Crippen molar-refractivity contribution in [1.29, 1.82) is 0 Å². The smallest absolute Gasteiger partial charge is 0.434 e. The van der Waals surface area contributed by atoms with Gasteiger partial charge in [-0.3, -0.25) is 9.59 Å². The molecule has 0 aromatic heterocycles. The average Bonchev–Trinajstić information content (AvgIpc) is 2.71. The first-order valence-corrected chi connectivity index (χ1v) is 9.64. The first-order valence-electron chi connectivity index (χ1n) is 9.64. The second-order valence-corrected chi connectivity index (χ2v) is 6.31. The van der Waals surface area contributed by atoms with E-state index in [1.54, 1.807) is 31.2 Å². The summed E-state index contributed by atoms with van der Waals surface area (Å²) in [5.41, 5.74) is 1.42. The number of carbonyl (C=O) groups is 3. The minimum Gasteiger partial charge on any atom is -0.434 e. The van der Waals surface area contributed by atoms with E-state index in [4.69, 9.17) is 9.47 Å². The monoisotopic (exact) mass is 398 g/mol. The maximum absolute atomic E-state index is 12.6. The van der Waals surface area contributed by atoms with Crippen molar-refractivity contribution in [1.82, 2.24) is 0 Å². The maximum Gasteiger partial charge on any atom is 0.513 e. The Hall–Kier alpha value is -3.35. The zero-order chi connectivity index (χ0) is 21.2. The van der Waals surface area contributed by atoms with E-state index in [1.807, 2.05) is 13.8 Å². The van der Waals surface area contributed by atoms with Gasteiger partial charge in [-0.15, -0.1) is 0 Å². The summed E-state index contributed by atoms with van der Waals surface area (Å²) in [6.07, 6.45) is 0.695. The highest BCUT2D eigenvalue weighted by atomic mass is 16.7. The summed E-state index contributed by atoms with van der Waals surface area (Å²) < 4.78 is 9.68. The van der Waals surface area contributed by atoms with Gasteiger partial charge in [0.1, 0.15) is 5.75 Å². The Kier molecular flexibility index (Phi) is 8.21. The molecule has 154 valence electrons. The molecule has 2 aromatic rings. The number of carbonyl (C=O) groups excluding carboxylic acids is 3. The molecule has 2 amide bonds. The highest BCUT2D eigenvalue weighted by molar-refractivity contribution is 6.07. The summed E-state index contributed by atoms with van der Waals surface area (Å²) in [5.74, 6) is -0.224. The molecule has 0 saturated heterocycles. The summed E-state index contributed by atoms with van der Waals surface area (Å²) in [7, 11) is 0. The van der Waals surface area contributed by atoms with Crippen LogP contribution in [0.25, 0.3) is 0 Å². The molecular weight excluding hydrogens is 372 g/mol. The lowest BCUT2D eigenvalue weighted by Gasteiger charge is -2.16. The number of para-hydroxylation sites is 2. The SMILES string of the molecule is CCOC(=O)Oc1ccc(C(=O)Nc2ccccc2NC(=O)C(CC)CC)cc1. The minimum absolute atomic E-state index is 0.0721. The van der Waals surface area contributed by atoms with Crippen molar-refractivity contribution in [3.8, 4) is 5.75 Å². The molecule has 2 N–H and O–H groups in total. The van der Waals surface area contributed by atoms with E-state index in [2.05, 4.69) is 10.6 Å². The molecule has 0 unspecified atom stereocenters. The third kappa shape index (κ3) is 6.34. The van der Waals surface area contributed by atoms with E-state index in [9.17, 15) is 14.4 Å². The number of amides is 2. The lowest BCUT2D eigenvalue weighted by molar-refractivity contribution is -0.120. The van der Waals surface area contributed by atoms with Crippen molar-refractivity contribution in [3.63, 3.8) is 0 Å². The van der Waals surface area contributed by atoms with Gasteiger partial charge in [-0.1, -0.05) is 26.0 Å². The van der Waals surface area contributed by atoms with Gasteiger partial charge in [0, 0.05) is 11.5 Å². The van der Waals surface area contributed by atoms with Crippen LogP contribution in [0.5, 0.6) is 5.75 Å². The Labute approximate surface area is 170 Å². The van der Waals surface area contributed by atoms with E-state index >= 15 is 0 Å². The number of hydrogen-bond donors (Lipinski definition) is 2. The third-order valence-corrected chi connectivity index (χ3v) is 4.37. The first kappa shape index (κ1) is 21.9. The number of ether oxygens (including phenoxy) is 2. The predicted octanol–water partition coefficient (Wildman–Crippen LogP) is 4.85. The minimum atomic E-state index is -0.799. The zero-order valence-corrected chi connectivity index (χ0v) is 16.9. The van der Waals surface area contributed by atoms with Gasteiger partial charge < -0.3 is 20.1 Å². The predicted molar refractivity (Wildman–Crippen MR) is 111 cm³/mol. The Morgan fingerprint density at radius 1 is 0.862 bits per heavy atom. The van der Waals surface area contributed by atoms with Crippen LogP contribution in [-0.2, 0) is 9.53 Å². The molecular formula is C22H26N2O5. The molecule has 0 aliphatic heterocycles. The third-order valence-electron chi connectivity index (χ3n) is 4.37. The van der Waals surface area contributed by atoms with Gasteiger partial charge in [-0.05, 0) is 56.2 Å². The average molecular weight is 398 g/mol. The molecule has 0 atom stereocenters. The number of hydrogen-bond acceptors (Lipinski definition) is 5. The maximum atomic E-state index is 12.6. The summed E-state index contributed by atoms with van der Waals surface area (Å²) in [4.78, 5) is 36.3. The molecule has 29 heavy (non-hydrogen) atoms. The van der Waals surface area contributed by atoms with Crippen molar-refractivity contribution < 1.29 is 23.9 Å². The van der Waals surface area contributed by atoms with Crippen LogP contribution in [0.1, 0.15) is 44.0 Å². The summed E-state index contributed by atoms with van der Waals surface area (Å²) >= 11 is 0. The Bertz CT molecular complexity index is 845. The lowest BCUT2D eigenvalue weighted by atomic mass is 10.0. The molecule has 2 rings (SSSR count). The van der Waals surface area contributed by atoms with Crippen molar-refractivity contribution in [2.24, 2.45) is 5.92 Å². The van der Waals surface area contributed by atoms with Crippen LogP contribution in [0.2, 0.25) is 0 Å². The molecule has 0 saturated carbocycles. The van der Waals surface area contributed by atoms with Gasteiger partial charge in [0.15, 0.2) is 0 Å². The van der Waals surface area contributed by atoms with Crippen molar-refractivity contribution in [3.05, 3.63) is 54.1 Å². The Morgan fingerprint density at radius 2 is 1.45 bits per heavy atom. The molecule has 0 fully saturated rings. The molecule has 0 aliphatic rings. The molecule has 7 nitrogen and oxygen atoms in total. The van der Waals surface area contributed by atoms with Crippen LogP contribution in [0.4, 0.5) is 16.2 Å². The first-order chi connectivity index (χ1) is 14.0. The lowest BCUT2D eigenvalue weighted by Crippen LogP contribution is -2.23. The number of benzene rings is 2. The molecule has 0 bridgehead atoms. The van der Waals surface area contributed by atoms with Gasteiger partial charge >= 0.3 is 6.16 Å². The molecule has 0 heterocycles. The van der Waals surface area contributed by atoms with E-state index in [-0.39, 0.29) is 30.1 Å². The van der Waals surface area contributed by atoms with Gasteiger partial charge in [-0.25, -0.2) is 4.79 Å². The fourth-order valence-electron chi connectivity index (χ4n) is 2.71. The number of anilines is 2. The highest BCUT2D eigenvalue weighted by Gasteiger charge is 2.16. The number of nitrogens with one attached hydrogen (secondary N) is 2. The number of rotatable bonds is 8. The Balaban J connectivity index is 2.07. The van der Waals surface area contributed by atoms with Crippen LogP contribution < -0.4 is 15.4 Å². The second kappa shape index (κ2) is 10.8. The van der Waals surface area contributed by atoms with E-state index in [0.717, 1.165) is 12.8 Å². The van der Waals surface area contributed by atoms with Crippen molar-refractivity contribution in [2.75, 3.05) is 17.2 Å². The molecule has 0 radical (unpaired) electrons. The topological polar surface area (TPSA) is 93.7 Å². The van der Waals surface area contributed by atoms with Gasteiger partial charge in [0.05, 0.1) is 18.0 Å². The summed E-state index contributed by atoms with van der Waals surface area (Å²) in [5, 5.41) is 5.69. The normalized spacial score (nSPS) is 10.3. The fourth-order valence-corrected chi connectivity index (χ4v) is 2.71. The van der Waals surface area contributed by atoms with Crippen molar-refractivity contribution in [2.45, 2.75) is 33.6 Å². The summed E-state index contributed by atoms with van der Waals surface area (Å²) in [6, 6.07) is 13.1. The highest BCUT2D eigenvalue weighted by Crippen LogP contribution is 2.24. The van der Waals surface area contributed by atoms with Gasteiger partial charge in [0.2, 0.25) is 5.91 Å². The van der Waals surface area contributed by atoms with Crippen LogP contribution >= 0.6 is 0 Å². The quantitative estimate of drug-likeness (QED) is 0.490. The molecule has 0 spiro atoms. The largest absolute Gasteiger partial charge is 0.513 e. The van der Waals surface area contributed by atoms with E-state index < -0.39 is 6.16 Å². The van der Waals surface area contributed by atoms with Crippen LogP contribution in [-0.4, -0.2) is 24.6 Å². The molecule has 7 heteroatoms.